The van der Waals surface area contributed by atoms with Crippen molar-refractivity contribution in [3.05, 3.63) is 46.2 Å². The Morgan fingerprint density at radius 2 is 2.20 bits per heavy atom. The Kier molecular flexibility index (Phi) is 4.84. The number of methoxy groups -OCH3 is 1. The van der Waals surface area contributed by atoms with Crippen LogP contribution in [-0.2, 0) is 6.42 Å². The first-order valence-corrected chi connectivity index (χ1v) is 6.93. The number of hydrogen-bond donors (Lipinski definition) is 2. The average Bonchev–Trinajstić information content (AvgIpc) is 3.00. The standard InChI is InChI=1S/C14H16N2O3S/c1-18-13-9-10(14(15)16-17)4-5-12(13)19-7-6-11-3-2-8-20-11/h2-5,8-9,17H,6-7H2,1H3,(H2,15,16). The van der Waals surface area contributed by atoms with Crippen LogP contribution in [0.5, 0.6) is 11.5 Å². The van der Waals surface area contributed by atoms with Crippen LogP contribution in [0.25, 0.3) is 0 Å². The van der Waals surface area contributed by atoms with Crippen molar-refractivity contribution in [2.75, 3.05) is 13.7 Å². The molecule has 3 N–H and O–H groups in total. The van der Waals surface area contributed by atoms with Gasteiger partial charge in [0.1, 0.15) is 0 Å². The van der Waals surface area contributed by atoms with Crippen LogP contribution in [0.4, 0.5) is 0 Å². The van der Waals surface area contributed by atoms with Crippen molar-refractivity contribution in [1.29, 1.82) is 0 Å². The number of thiophene rings is 1. The molecule has 0 saturated heterocycles. The summed E-state index contributed by atoms with van der Waals surface area (Å²) in [5, 5.41) is 13.7. The maximum Gasteiger partial charge on any atom is 0.170 e. The molecule has 0 aliphatic carbocycles. The van der Waals surface area contributed by atoms with Gasteiger partial charge >= 0.3 is 0 Å². The van der Waals surface area contributed by atoms with Crippen molar-refractivity contribution in [1.82, 2.24) is 0 Å². The van der Waals surface area contributed by atoms with Crippen molar-refractivity contribution in [2.24, 2.45) is 10.9 Å². The van der Waals surface area contributed by atoms with Crippen molar-refractivity contribution in [3.8, 4) is 11.5 Å². The predicted molar refractivity (Wildman–Crippen MR) is 79.0 cm³/mol. The van der Waals surface area contributed by atoms with Gasteiger partial charge in [-0.3, -0.25) is 0 Å². The van der Waals surface area contributed by atoms with Gasteiger partial charge in [-0.05, 0) is 29.6 Å². The highest BCUT2D eigenvalue weighted by Crippen LogP contribution is 2.28. The molecule has 20 heavy (non-hydrogen) atoms. The number of hydrogen-bond acceptors (Lipinski definition) is 5. The van der Waals surface area contributed by atoms with Gasteiger partial charge in [0.2, 0.25) is 0 Å². The second-order valence-electron chi connectivity index (χ2n) is 4.03. The van der Waals surface area contributed by atoms with Crippen LogP contribution in [0.2, 0.25) is 0 Å². The number of rotatable bonds is 6. The third kappa shape index (κ3) is 3.42. The summed E-state index contributed by atoms with van der Waals surface area (Å²) in [5.74, 6) is 1.23. The van der Waals surface area contributed by atoms with Crippen molar-refractivity contribution in [3.63, 3.8) is 0 Å². The summed E-state index contributed by atoms with van der Waals surface area (Å²) in [6, 6.07) is 9.24. The van der Waals surface area contributed by atoms with Crippen LogP contribution in [0.1, 0.15) is 10.4 Å². The Hall–Kier alpha value is -2.21. The summed E-state index contributed by atoms with van der Waals surface area (Å²) >= 11 is 1.71. The molecular formula is C14H16N2O3S. The summed E-state index contributed by atoms with van der Waals surface area (Å²) in [6.45, 7) is 0.569. The van der Waals surface area contributed by atoms with Crippen molar-refractivity contribution >= 4 is 17.2 Å². The molecule has 0 spiro atoms. The number of oxime groups is 1. The number of benzene rings is 1. The van der Waals surface area contributed by atoms with Gasteiger partial charge in [0, 0.05) is 16.9 Å². The highest BCUT2D eigenvalue weighted by atomic mass is 32.1. The third-order valence-electron chi connectivity index (χ3n) is 2.75. The highest BCUT2D eigenvalue weighted by molar-refractivity contribution is 7.09. The van der Waals surface area contributed by atoms with Gasteiger partial charge in [0.15, 0.2) is 17.3 Å². The van der Waals surface area contributed by atoms with Gasteiger partial charge in [0.05, 0.1) is 13.7 Å². The van der Waals surface area contributed by atoms with E-state index in [-0.39, 0.29) is 5.84 Å². The van der Waals surface area contributed by atoms with Gasteiger partial charge in [-0.1, -0.05) is 11.2 Å². The largest absolute Gasteiger partial charge is 0.493 e. The summed E-state index contributed by atoms with van der Waals surface area (Å²) in [6.07, 6.45) is 0.850. The number of nitrogens with zero attached hydrogens (tertiary/aromatic N) is 1. The molecule has 6 heteroatoms. The second-order valence-corrected chi connectivity index (χ2v) is 5.06. The molecule has 1 aromatic carbocycles. The van der Waals surface area contributed by atoms with E-state index < -0.39 is 0 Å². The Balaban J connectivity index is 2.04. The first-order valence-electron chi connectivity index (χ1n) is 6.05. The zero-order valence-corrected chi connectivity index (χ0v) is 11.9. The number of nitrogens with two attached hydrogens (primary N) is 1. The van der Waals surface area contributed by atoms with Crippen molar-refractivity contribution in [2.45, 2.75) is 6.42 Å². The van der Waals surface area contributed by atoms with E-state index in [1.54, 1.807) is 36.6 Å². The van der Waals surface area contributed by atoms with E-state index in [0.29, 0.717) is 23.7 Å². The van der Waals surface area contributed by atoms with Crippen LogP contribution in [-0.4, -0.2) is 24.8 Å². The Labute approximate surface area is 121 Å². The van der Waals surface area contributed by atoms with E-state index >= 15 is 0 Å². The Morgan fingerprint density at radius 1 is 1.35 bits per heavy atom. The molecule has 106 valence electrons. The van der Waals surface area contributed by atoms with Gasteiger partial charge in [0.25, 0.3) is 0 Å². The van der Waals surface area contributed by atoms with E-state index in [1.807, 2.05) is 11.4 Å². The fourth-order valence-corrected chi connectivity index (χ4v) is 2.41. The molecule has 0 aliphatic heterocycles. The van der Waals surface area contributed by atoms with Crippen LogP contribution < -0.4 is 15.2 Å². The third-order valence-corrected chi connectivity index (χ3v) is 3.69. The normalized spacial score (nSPS) is 11.3. The molecule has 5 nitrogen and oxygen atoms in total. The molecule has 1 aromatic heterocycles. The molecule has 1 heterocycles. The van der Waals surface area contributed by atoms with Gasteiger partial charge in [-0.15, -0.1) is 11.3 Å². The van der Waals surface area contributed by atoms with Crippen LogP contribution in [0.15, 0.2) is 40.9 Å². The first-order chi connectivity index (χ1) is 9.74. The summed E-state index contributed by atoms with van der Waals surface area (Å²) in [7, 11) is 1.55. The van der Waals surface area contributed by atoms with E-state index in [0.717, 1.165) is 6.42 Å². The maximum absolute atomic E-state index is 8.66. The quantitative estimate of drug-likeness (QED) is 0.371. The lowest BCUT2D eigenvalue weighted by Gasteiger charge is -2.11. The van der Waals surface area contributed by atoms with E-state index in [2.05, 4.69) is 11.2 Å². The fourth-order valence-electron chi connectivity index (χ4n) is 1.72. The summed E-state index contributed by atoms with van der Waals surface area (Å²) < 4.78 is 11.0. The first kappa shape index (κ1) is 14.2. The molecule has 2 aromatic rings. The van der Waals surface area contributed by atoms with E-state index in [1.165, 1.54) is 4.88 Å². The minimum absolute atomic E-state index is 0.0356. The van der Waals surface area contributed by atoms with E-state index in [4.69, 9.17) is 20.4 Å². The number of ether oxygens (including phenoxy) is 2. The van der Waals surface area contributed by atoms with Crippen LogP contribution >= 0.6 is 11.3 Å². The predicted octanol–water partition coefficient (Wildman–Crippen LogP) is 2.47. The minimum atomic E-state index is 0.0356. The van der Waals surface area contributed by atoms with Crippen LogP contribution in [0, 0.1) is 0 Å². The van der Waals surface area contributed by atoms with E-state index in [9.17, 15) is 0 Å². The summed E-state index contributed by atoms with van der Waals surface area (Å²) in [5.41, 5.74) is 6.12. The Bertz CT molecular complexity index is 582. The zero-order valence-electron chi connectivity index (χ0n) is 11.1. The monoisotopic (exact) mass is 292 g/mol. The van der Waals surface area contributed by atoms with Crippen molar-refractivity contribution < 1.29 is 14.7 Å². The molecular weight excluding hydrogens is 276 g/mol. The smallest absolute Gasteiger partial charge is 0.170 e. The molecule has 0 bridgehead atoms. The van der Waals surface area contributed by atoms with Gasteiger partial charge in [-0.25, -0.2) is 0 Å². The highest BCUT2D eigenvalue weighted by Gasteiger charge is 2.08. The lowest BCUT2D eigenvalue weighted by atomic mass is 10.2. The van der Waals surface area contributed by atoms with Crippen LogP contribution in [0.3, 0.4) is 0 Å². The molecule has 0 radical (unpaired) electrons. The maximum atomic E-state index is 8.66. The molecule has 0 unspecified atom stereocenters. The van der Waals surface area contributed by atoms with Gasteiger partial charge in [-0.2, -0.15) is 0 Å². The molecule has 0 amide bonds. The fraction of sp³-hybridized carbons (Fsp3) is 0.214. The topological polar surface area (TPSA) is 77.1 Å². The Morgan fingerprint density at radius 3 is 2.85 bits per heavy atom. The SMILES string of the molecule is COc1cc(C(N)=NO)ccc1OCCc1cccs1. The average molecular weight is 292 g/mol. The van der Waals surface area contributed by atoms with Gasteiger partial charge < -0.3 is 20.4 Å². The lowest BCUT2D eigenvalue weighted by molar-refractivity contribution is 0.298. The molecule has 0 saturated carbocycles. The molecule has 2 rings (SSSR count). The molecule has 0 fully saturated rings. The molecule has 0 aliphatic rings. The minimum Gasteiger partial charge on any atom is -0.493 e. The molecule has 0 atom stereocenters. The number of amidine groups is 1. The summed E-state index contributed by atoms with van der Waals surface area (Å²) in [4.78, 5) is 1.28. The zero-order chi connectivity index (χ0) is 14.4. The lowest BCUT2D eigenvalue weighted by Crippen LogP contribution is -2.13. The second kappa shape index (κ2) is 6.81.